The van der Waals surface area contributed by atoms with Gasteiger partial charge in [0.05, 0.1) is 6.10 Å². The normalized spacial score (nSPS) is 22.9. The van der Waals surface area contributed by atoms with Crippen molar-refractivity contribution in [2.75, 3.05) is 12.8 Å². The van der Waals surface area contributed by atoms with E-state index in [0.29, 0.717) is 5.56 Å². The fraction of sp³-hybridized carbons (Fsp3) is 0.455. The molecule has 1 amide bonds. The first-order valence-corrected chi connectivity index (χ1v) is 5.73. The van der Waals surface area contributed by atoms with Crippen LogP contribution in [0, 0.1) is 0 Å². The number of pyridine rings is 1. The number of rotatable bonds is 3. The van der Waals surface area contributed by atoms with Gasteiger partial charge in [-0.25, -0.2) is 4.98 Å². The van der Waals surface area contributed by atoms with Gasteiger partial charge in [0.2, 0.25) is 0 Å². The van der Waals surface area contributed by atoms with Crippen LogP contribution in [0.4, 0.5) is 5.82 Å². The highest BCUT2D eigenvalue weighted by atomic mass is 35.5. The Hall–Kier alpha value is -1.33. The maximum Gasteiger partial charge on any atom is 0.251 e. The third-order valence-corrected chi connectivity index (χ3v) is 3.03. The number of hydrogen-bond donors (Lipinski definition) is 2. The van der Waals surface area contributed by atoms with E-state index in [1.165, 1.54) is 12.1 Å². The summed E-state index contributed by atoms with van der Waals surface area (Å²) in [7, 11) is 1.67. The van der Waals surface area contributed by atoms with Gasteiger partial charge < -0.3 is 15.8 Å². The second-order valence-electron chi connectivity index (χ2n) is 4.10. The number of anilines is 1. The van der Waals surface area contributed by atoms with Crippen LogP contribution >= 0.6 is 11.6 Å². The molecule has 6 heteroatoms. The van der Waals surface area contributed by atoms with E-state index >= 15 is 0 Å². The number of nitrogens with one attached hydrogen (secondary N) is 1. The molecule has 1 aliphatic rings. The van der Waals surface area contributed by atoms with Crippen LogP contribution < -0.4 is 11.1 Å². The second-order valence-corrected chi connectivity index (χ2v) is 4.49. The molecule has 2 rings (SSSR count). The molecule has 1 aliphatic carbocycles. The summed E-state index contributed by atoms with van der Waals surface area (Å²) in [5.74, 6) is 0.0616. The summed E-state index contributed by atoms with van der Waals surface area (Å²) in [6, 6.07) is 3.17. The Labute approximate surface area is 104 Å². The SMILES string of the molecule is COC1CC(NC(=O)c2cc(N)nc(Cl)c2)C1. The zero-order valence-electron chi connectivity index (χ0n) is 9.44. The van der Waals surface area contributed by atoms with Crippen molar-refractivity contribution in [1.29, 1.82) is 0 Å². The zero-order valence-corrected chi connectivity index (χ0v) is 10.2. The van der Waals surface area contributed by atoms with Gasteiger partial charge in [-0.3, -0.25) is 4.79 Å². The van der Waals surface area contributed by atoms with Gasteiger partial charge >= 0.3 is 0 Å². The van der Waals surface area contributed by atoms with Crippen LogP contribution in [0.3, 0.4) is 0 Å². The minimum atomic E-state index is -0.180. The predicted octanol–water partition coefficient (Wildman–Crippen LogP) is 1.22. The van der Waals surface area contributed by atoms with Crippen LogP contribution in [0.1, 0.15) is 23.2 Å². The molecule has 0 aromatic carbocycles. The fourth-order valence-corrected chi connectivity index (χ4v) is 2.01. The number of halogens is 1. The zero-order chi connectivity index (χ0) is 12.4. The van der Waals surface area contributed by atoms with E-state index < -0.39 is 0 Å². The van der Waals surface area contributed by atoms with Crippen LogP contribution in [0.2, 0.25) is 5.15 Å². The van der Waals surface area contributed by atoms with Crippen molar-refractivity contribution in [2.24, 2.45) is 0 Å². The Kier molecular flexibility index (Phi) is 3.49. The van der Waals surface area contributed by atoms with E-state index in [1.807, 2.05) is 0 Å². The van der Waals surface area contributed by atoms with E-state index in [1.54, 1.807) is 7.11 Å². The number of nitrogens with two attached hydrogens (primary N) is 1. The smallest absolute Gasteiger partial charge is 0.251 e. The highest BCUT2D eigenvalue weighted by molar-refractivity contribution is 6.29. The number of aromatic nitrogens is 1. The molecule has 1 aromatic heterocycles. The third kappa shape index (κ3) is 2.87. The van der Waals surface area contributed by atoms with Gasteiger partial charge in [0, 0.05) is 18.7 Å². The van der Waals surface area contributed by atoms with Gasteiger partial charge in [-0.05, 0) is 25.0 Å². The Bertz CT molecular complexity index is 412. The number of carbonyl (C=O) groups excluding carboxylic acids is 1. The van der Waals surface area contributed by atoms with Gasteiger partial charge in [0.25, 0.3) is 5.91 Å². The quantitative estimate of drug-likeness (QED) is 0.797. The Balaban J connectivity index is 1.96. The first-order valence-electron chi connectivity index (χ1n) is 5.35. The van der Waals surface area contributed by atoms with Crippen molar-refractivity contribution in [1.82, 2.24) is 10.3 Å². The lowest BCUT2D eigenvalue weighted by molar-refractivity contribution is 0.0176. The number of ether oxygens (including phenoxy) is 1. The molecular formula is C11H14ClN3O2. The van der Waals surface area contributed by atoms with Crippen LogP contribution in [0.5, 0.6) is 0 Å². The number of methoxy groups -OCH3 is 1. The largest absolute Gasteiger partial charge is 0.384 e. The first-order chi connectivity index (χ1) is 8.08. The van der Waals surface area contributed by atoms with Gasteiger partial charge in [0.1, 0.15) is 11.0 Å². The topological polar surface area (TPSA) is 77.2 Å². The summed E-state index contributed by atoms with van der Waals surface area (Å²) >= 11 is 5.73. The molecule has 0 bridgehead atoms. The van der Waals surface area contributed by atoms with Crippen LogP contribution in [-0.4, -0.2) is 30.1 Å². The predicted molar refractivity (Wildman–Crippen MR) is 64.9 cm³/mol. The van der Waals surface area contributed by atoms with Crippen molar-refractivity contribution in [3.63, 3.8) is 0 Å². The highest BCUT2D eigenvalue weighted by Gasteiger charge is 2.30. The molecule has 1 heterocycles. The molecule has 5 nitrogen and oxygen atoms in total. The average molecular weight is 256 g/mol. The van der Waals surface area contributed by atoms with Crippen LogP contribution in [-0.2, 0) is 4.74 Å². The number of nitrogen functional groups attached to an aromatic ring is 1. The number of amides is 1. The standard InChI is InChI=1S/C11H14ClN3O2/c1-17-8-4-7(5-8)14-11(16)6-2-9(12)15-10(13)3-6/h2-3,7-8H,4-5H2,1H3,(H2,13,15)(H,14,16). The molecule has 0 spiro atoms. The summed E-state index contributed by atoms with van der Waals surface area (Å²) < 4.78 is 5.14. The lowest BCUT2D eigenvalue weighted by Gasteiger charge is -2.34. The van der Waals surface area contributed by atoms with E-state index in [9.17, 15) is 4.79 Å². The molecule has 3 N–H and O–H groups in total. The molecule has 17 heavy (non-hydrogen) atoms. The molecule has 0 atom stereocenters. The minimum absolute atomic E-state index is 0.167. The van der Waals surface area contributed by atoms with Gasteiger partial charge in [-0.2, -0.15) is 0 Å². The number of hydrogen-bond acceptors (Lipinski definition) is 4. The van der Waals surface area contributed by atoms with Gasteiger partial charge in [-0.1, -0.05) is 11.6 Å². The van der Waals surface area contributed by atoms with E-state index in [-0.39, 0.29) is 29.0 Å². The summed E-state index contributed by atoms with van der Waals surface area (Å²) in [6.45, 7) is 0. The molecule has 0 aliphatic heterocycles. The average Bonchev–Trinajstić information content (AvgIpc) is 2.21. The van der Waals surface area contributed by atoms with Crippen molar-refractivity contribution in [3.05, 3.63) is 22.8 Å². The Morgan fingerprint density at radius 3 is 2.88 bits per heavy atom. The maximum absolute atomic E-state index is 11.9. The highest BCUT2D eigenvalue weighted by Crippen LogP contribution is 2.23. The number of nitrogens with zero attached hydrogens (tertiary/aromatic N) is 1. The molecular weight excluding hydrogens is 242 g/mol. The Morgan fingerprint density at radius 2 is 2.29 bits per heavy atom. The van der Waals surface area contributed by atoms with E-state index in [2.05, 4.69) is 10.3 Å². The number of carbonyl (C=O) groups is 1. The summed E-state index contributed by atoms with van der Waals surface area (Å²) in [5.41, 5.74) is 5.96. The molecule has 92 valence electrons. The summed E-state index contributed by atoms with van der Waals surface area (Å²) in [5, 5.41) is 3.11. The lowest BCUT2D eigenvalue weighted by atomic mass is 9.89. The minimum Gasteiger partial charge on any atom is -0.384 e. The monoisotopic (exact) mass is 255 g/mol. The lowest BCUT2D eigenvalue weighted by Crippen LogP contribution is -2.47. The molecule has 0 radical (unpaired) electrons. The first kappa shape index (κ1) is 12.1. The van der Waals surface area contributed by atoms with Crippen molar-refractivity contribution in [2.45, 2.75) is 25.0 Å². The van der Waals surface area contributed by atoms with Gasteiger partial charge in [0.15, 0.2) is 0 Å². The maximum atomic E-state index is 11.9. The molecule has 0 saturated heterocycles. The summed E-state index contributed by atoms with van der Waals surface area (Å²) in [6.07, 6.45) is 1.94. The van der Waals surface area contributed by atoms with E-state index in [4.69, 9.17) is 22.1 Å². The fourth-order valence-electron chi connectivity index (χ4n) is 1.79. The Morgan fingerprint density at radius 1 is 1.59 bits per heavy atom. The van der Waals surface area contributed by atoms with Gasteiger partial charge in [-0.15, -0.1) is 0 Å². The van der Waals surface area contributed by atoms with Crippen molar-refractivity contribution in [3.8, 4) is 0 Å². The van der Waals surface area contributed by atoms with Crippen molar-refractivity contribution < 1.29 is 9.53 Å². The van der Waals surface area contributed by atoms with Crippen LogP contribution in [0.15, 0.2) is 12.1 Å². The molecule has 1 saturated carbocycles. The second kappa shape index (κ2) is 4.89. The molecule has 1 fully saturated rings. The molecule has 0 unspecified atom stereocenters. The van der Waals surface area contributed by atoms with Crippen LogP contribution in [0.25, 0.3) is 0 Å². The van der Waals surface area contributed by atoms with Crippen molar-refractivity contribution >= 4 is 23.3 Å². The summed E-state index contributed by atoms with van der Waals surface area (Å²) in [4.78, 5) is 15.7. The van der Waals surface area contributed by atoms with E-state index in [0.717, 1.165) is 12.8 Å². The molecule has 1 aromatic rings. The third-order valence-electron chi connectivity index (χ3n) is 2.84.